The number of carbonyl (C=O) groups excluding carboxylic acids is 1. The van der Waals surface area contributed by atoms with Crippen molar-refractivity contribution in [2.24, 2.45) is 0 Å². The summed E-state index contributed by atoms with van der Waals surface area (Å²) in [6.45, 7) is 2.76. The predicted octanol–water partition coefficient (Wildman–Crippen LogP) is 3.54. The molecule has 0 spiro atoms. The molecule has 2 aromatic carbocycles. The molecule has 1 amide bonds. The van der Waals surface area contributed by atoms with Crippen LogP contribution in [0.1, 0.15) is 30.9 Å². The maximum atomic E-state index is 12.0. The van der Waals surface area contributed by atoms with Crippen molar-refractivity contribution < 1.29 is 14.6 Å². The fraction of sp³-hybridized carbons (Fsp3) is 0.316. The van der Waals surface area contributed by atoms with E-state index in [-0.39, 0.29) is 12.5 Å². The van der Waals surface area contributed by atoms with E-state index in [0.717, 1.165) is 23.3 Å². The number of benzene rings is 2. The van der Waals surface area contributed by atoms with Gasteiger partial charge in [-0.1, -0.05) is 31.2 Å². The van der Waals surface area contributed by atoms with Crippen molar-refractivity contribution in [3.63, 3.8) is 0 Å². The van der Waals surface area contributed by atoms with Gasteiger partial charge in [0.2, 0.25) is 5.91 Å². The molecule has 0 bridgehead atoms. The Morgan fingerprint density at radius 2 is 1.91 bits per heavy atom. The van der Waals surface area contributed by atoms with Crippen LogP contribution < -0.4 is 10.1 Å². The summed E-state index contributed by atoms with van der Waals surface area (Å²) in [5.41, 5.74) is 2.60. The topological polar surface area (TPSA) is 58.6 Å². The fourth-order valence-corrected chi connectivity index (χ4v) is 2.20. The second kappa shape index (κ2) is 8.96. The fourth-order valence-electron chi connectivity index (χ4n) is 2.20. The van der Waals surface area contributed by atoms with Crippen molar-refractivity contribution in [3.8, 4) is 5.75 Å². The number of aliphatic hydroxyl groups excluding tert-OH is 1. The highest BCUT2D eigenvalue weighted by atomic mass is 16.5. The Labute approximate surface area is 137 Å². The highest BCUT2D eigenvalue weighted by molar-refractivity contribution is 5.90. The van der Waals surface area contributed by atoms with E-state index >= 15 is 0 Å². The standard InChI is InChI=1S/C19H23NO3/c1-2-12-23-18-9-6-15(7-10-18)8-11-19(22)20-17-5-3-4-16(13-17)14-21/h3-7,9-10,13,21H,2,8,11-12,14H2,1H3,(H,20,22). The summed E-state index contributed by atoms with van der Waals surface area (Å²) in [6, 6.07) is 15.1. The van der Waals surface area contributed by atoms with E-state index in [4.69, 9.17) is 9.84 Å². The molecule has 0 aliphatic heterocycles. The van der Waals surface area contributed by atoms with Crippen LogP contribution in [0.5, 0.6) is 5.75 Å². The molecular weight excluding hydrogens is 290 g/mol. The van der Waals surface area contributed by atoms with Crippen molar-refractivity contribution in [1.82, 2.24) is 0 Å². The van der Waals surface area contributed by atoms with Gasteiger partial charge in [0.25, 0.3) is 0 Å². The lowest BCUT2D eigenvalue weighted by atomic mass is 10.1. The first kappa shape index (κ1) is 17.0. The van der Waals surface area contributed by atoms with E-state index < -0.39 is 0 Å². The van der Waals surface area contributed by atoms with Crippen LogP contribution in [0.4, 0.5) is 5.69 Å². The van der Waals surface area contributed by atoms with Gasteiger partial charge in [-0.3, -0.25) is 4.79 Å². The van der Waals surface area contributed by atoms with Crippen LogP contribution in [0.15, 0.2) is 48.5 Å². The normalized spacial score (nSPS) is 10.3. The molecule has 2 rings (SSSR count). The number of ether oxygens (including phenoxy) is 1. The molecule has 2 aromatic rings. The second-order valence-electron chi connectivity index (χ2n) is 5.40. The number of hydrogen-bond acceptors (Lipinski definition) is 3. The van der Waals surface area contributed by atoms with Gasteiger partial charge in [-0.05, 0) is 48.2 Å². The van der Waals surface area contributed by atoms with E-state index in [9.17, 15) is 4.79 Å². The maximum absolute atomic E-state index is 12.0. The average molecular weight is 313 g/mol. The van der Waals surface area contributed by atoms with Gasteiger partial charge in [-0.2, -0.15) is 0 Å². The number of rotatable bonds is 8. The third-order valence-corrected chi connectivity index (χ3v) is 3.43. The number of anilines is 1. The van der Waals surface area contributed by atoms with Gasteiger partial charge in [0.1, 0.15) is 5.75 Å². The highest BCUT2D eigenvalue weighted by Gasteiger charge is 2.04. The number of hydrogen-bond donors (Lipinski definition) is 2. The molecule has 0 radical (unpaired) electrons. The molecule has 0 saturated heterocycles. The highest BCUT2D eigenvalue weighted by Crippen LogP contribution is 2.15. The van der Waals surface area contributed by atoms with Crippen LogP contribution in [0.3, 0.4) is 0 Å². The van der Waals surface area contributed by atoms with Crippen LogP contribution in [0.25, 0.3) is 0 Å². The molecule has 2 N–H and O–H groups in total. The first-order valence-corrected chi connectivity index (χ1v) is 7.92. The molecule has 0 atom stereocenters. The zero-order chi connectivity index (χ0) is 16.5. The van der Waals surface area contributed by atoms with Crippen LogP contribution in [0, 0.1) is 0 Å². The number of amides is 1. The Bertz CT molecular complexity index is 623. The summed E-state index contributed by atoms with van der Waals surface area (Å²) in [4.78, 5) is 12.0. The lowest BCUT2D eigenvalue weighted by Crippen LogP contribution is -2.12. The Kier molecular flexibility index (Phi) is 6.63. The molecular formula is C19H23NO3. The summed E-state index contributed by atoms with van der Waals surface area (Å²) >= 11 is 0. The molecule has 23 heavy (non-hydrogen) atoms. The monoisotopic (exact) mass is 313 g/mol. The van der Waals surface area contributed by atoms with Gasteiger partial charge >= 0.3 is 0 Å². The molecule has 0 saturated carbocycles. The van der Waals surface area contributed by atoms with Crippen LogP contribution >= 0.6 is 0 Å². The molecule has 0 aliphatic rings. The van der Waals surface area contributed by atoms with Gasteiger partial charge in [0.15, 0.2) is 0 Å². The first-order chi connectivity index (χ1) is 11.2. The van der Waals surface area contributed by atoms with Crippen molar-refractivity contribution in [2.45, 2.75) is 32.8 Å². The van der Waals surface area contributed by atoms with Crippen molar-refractivity contribution >= 4 is 11.6 Å². The quantitative estimate of drug-likeness (QED) is 0.783. The smallest absolute Gasteiger partial charge is 0.224 e. The molecule has 0 aromatic heterocycles. The Morgan fingerprint density at radius 1 is 1.13 bits per heavy atom. The molecule has 0 aliphatic carbocycles. The van der Waals surface area contributed by atoms with Gasteiger partial charge in [0.05, 0.1) is 13.2 Å². The number of aliphatic hydroxyl groups is 1. The third kappa shape index (κ3) is 5.75. The Hall–Kier alpha value is -2.33. The second-order valence-corrected chi connectivity index (χ2v) is 5.40. The molecule has 122 valence electrons. The third-order valence-electron chi connectivity index (χ3n) is 3.43. The van der Waals surface area contributed by atoms with Crippen molar-refractivity contribution in [1.29, 1.82) is 0 Å². The molecule has 0 fully saturated rings. The van der Waals surface area contributed by atoms with Crippen LogP contribution in [-0.4, -0.2) is 17.6 Å². The van der Waals surface area contributed by atoms with E-state index in [1.165, 1.54) is 0 Å². The summed E-state index contributed by atoms with van der Waals surface area (Å²) in [7, 11) is 0. The number of carbonyl (C=O) groups is 1. The lowest BCUT2D eigenvalue weighted by molar-refractivity contribution is -0.116. The summed E-state index contributed by atoms with van der Waals surface area (Å²) in [5, 5.41) is 12.0. The molecule has 0 unspecified atom stereocenters. The summed E-state index contributed by atoms with van der Waals surface area (Å²) in [5.74, 6) is 0.826. The summed E-state index contributed by atoms with van der Waals surface area (Å²) in [6.07, 6.45) is 2.08. The molecule has 4 heteroatoms. The minimum absolute atomic E-state index is 0.0316. The van der Waals surface area contributed by atoms with Crippen LogP contribution in [0.2, 0.25) is 0 Å². The van der Waals surface area contributed by atoms with Gasteiger partial charge in [-0.15, -0.1) is 0 Å². The molecule has 0 heterocycles. The maximum Gasteiger partial charge on any atom is 0.224 e. The van der Waals surface area contributed by atoms with Crippen LogP contribution in [-0.2, 0) is 17.8 Å². The summed E-state index contributed by atoms with van der Waals surface area (Å²) < 4.78 is 5.54. The minimum atomic E-state index is -0.0357. The predicted molar refractivity (Wildman–Crippen MR) is 91.5 cm³/mol. The van der Waals surface area contributed by atoms with E-state index in [2.05, 4.69) is 12.2 Å². The Morgan fingerprint density at radius 3 is 2.61 bits per heavy atom. The van der Waals surface area contributed by atoms with Crippen molar-refractivity contribution in [2.75, 3.05) is 11.9 Å². The van der Waals surface area contributed by atoms with Crippen molar-refractivity contribution in [3.05, 3.63) is 59.7 Å². The number of aryl methyl sites for hydroxylation is 1. The Balaban J connectivity index is 1.81. The first-order valence-electron chi connectivity index (χ1n) is 7.92. The largest absolute Gasteiger partial charge is 0.494 e. The van der Waals surface area contributed by atoms with Gasteiger partial charge in [0, 0.05) is 12.1 Å². The lowest BCUT2D eigenvalue weighted by Gasteiger charge is -2.08. The SMILES string of the molecule is CCCOc1ccc(CCC(=O)Nc2cccc(CO)c2)cc1. The number of nitrogens with one attached hydrogen (secondary N) is 1. The minimum Gasteiger partial charge on any atom is -0.494 e. The van der Waals surface area contributed by atoms with E-state index in [1.54, 1.807) is 6.07 Å². The van der Waals surface area contributed by atoms with E-state index in [0.29, 0.717) is 25.1 Å². The van der Waals surface area contributed by atoms with E-state index in [1.807, 2.05) is 42.5 Å². The average Bonchev–Trinajstić information content (AvgIpc) is 2.59. The van der Waals surface area contributed by atoms with Gasteiger partial charge in [-0.25, -0.2) is 0 Å². The van der Waals surface area contributed by atoms with Gasteiger partial charge < -0.3 is 15.2 Å². The zero-order valence-corrected chi connectivity index (χ0v) is 13.4. The zero-order valence-electron chi connectivity index (χ0n) is 13.4. The molecule has 4 nitrogen and oxygen atoms in total.